The van der Waals surface area contributed by atoms with E-state index >= 15 is 0 Å². The Balaban J connectivity index is 1.53. The van der Waals surface area contributed by atoms with Gasteiger partial charge in [0.2, 0.25) is 0 Å². The topological polar surface area (TPSA) is 68.8 Å². The third-order valence-electron chi connectivity index (χ3n) is 4.80. The highest BCUT2D eigenvalue weighted by Crippen LogP contribution is 2.24. The van der Waals surface area contributed by atoms with Gasteiger partial charge in [0.15, 0.2) is 5.11 Å². The van der Waals surface area contributed by atoms with Crippen LogP contribution in [-0.4, -0.2) is 30.8 Å². The Kier molecular flexibility index (Phi) is 9.73. The van der Waals surface area contributed by atoms with Crippen molar-refractivity contribution in [3.05, 3.63) is 84.4 Å². The van der Waals surface area contributed by atoms with Gasteiger partial charge in [-0.3, -0.25) is 10.1 Å². The molecule has 0 spiro atoms. The fourth-order valence-corrected chi connectivity index (χ4v) is 3.23. The van der Waals surface area contributed by atoms with Crippen molar-refractivity contribution in [1.82, 2.24) is 5.32 Å². The zero-order valence-electron chi connectivity index (χ0n) is 19.5. The maximum absolute atomic E-state index is 12.8. The largest absolute Gasteiger partial charge is 0.493 e. The van der Waals surface area contributed by atoms with Gasteiger partial charge in [0, 0.05) is 0 Å². The van der Waals surface area contributed by atoms with Crippen LogP contribution in [0, 0.1) is 5.92 Å². The second-order valence-electron chi connectivity index (χ2n) is 7.94. The standard InChI is InChI=1S/C27H30N2O4S/c1-20(2)16-17-32-24-14-8-6-12-22(24)26(30)29-27(34)28-23-13-7-9-15-25(23)33-19-18-31-21-10-4-3-5-11-21/h3-15,20H,16-19H2,1-2H3,(H2,28,29,30,34). The first-order valence-electron chi connectivity index (χ1n) is 11.3. The molecule has 0 saturated carbocycles. The molecule has 0 unspecified atom stereocenters. The SMILES string of the molecule is CC(C)CCOc1ccccc1C(=O)NC(=S)Nc1ccccc1OCCOc1ccccc1. The highest BCUT2D eigenvalue weighted by Gasteiger charge is 2.14. The molecule has 34 heavy (non-hydrogen) atoms. The lowest BCUT2D eigenvalue weighted by atomic mass is 10.1. The maximum Gasteiger partial charge on any atom is 0.261 e. The minimum absolute atomic E-state index is 0.165. The molecule has 0 fully saturated rings. The summed E-state index contributed by atoms with van der Waals surface area (Å²) in [5.74, 6) is 2.10. The van der Waals surface area contributed by atoms with Crippen LogP contribution < -0.4 is 24.8 Å². The van der Waals surface area contributed by atoms with Crippen molar-refractivity contribution in [1.29, 1.82) is 0 Å². The number of anilines is 1. The van der Waals surface area contributed by atoms with E-state index in [9.17, 15) is 4.79 Å². The van der Waals surface area contributed by atoms with E-state index in [1.807, 2.05) is 60.7 Å². The predicted molar refractivity (Wildman–Crippen MR) is 139 cm³/mol. The molecule has 1 amide bonds. The molecule has 0 bridgehead atoms. The van der Waals surface area contributed by atoms with Crippen LogP contribution in [0.25, 0.3) is 0 Å². The van der Waals surface area contributed by atoms with Crippen LogP contribution in [-0.2, 0) is 0 Å². The van der Waals surface area contributed by atoms with Gasteiger partial charge >= 0.3 is 0 Å². The Morgan fingerprint density at radius 1 is 0.794 bits per heavy atom. The number of carbonyl (C=O) groups excluding carboxylic acids is 1. The molecule has 0 saturated heterocycles. The molecule has 0 aliphatic heterocycles. The minimum Gasteiger partial charge on any atom is -0.493 e. The van der Waals surface area contributed by atoms with Gasteiger partial charge in [-0.25, -0.2) is 0 Å². The fourth-order valence-electron chi connectivity index (χ4n) is 3.03. The molecule has 2 N–H and O–H groups in total. The number of amides is 1. The van der Waals surface area contributed by atoms with Crippen LogP contribution in [0.2, 0.25) is 0 Å². The van der Waals surface area contributed by atoms with Gasteiger partial charge in [-0.15, -0.1) is 0 Å². The molecule has 0 atom stereocenters. The smallest absolute Gasteiger partial charge is 0.261 e. The number of hydrogen-bond acceptors (Lipinski definition) is 5. The Morgan fingerprint density at radius 2 is 1.41 bits per heavy atom. The third kappa shape index (κ3) is 8.08. The van der Waals surface area contributed by atoms with Crippen LogP contribution in [0.1, 0.15) is 30.6 Å². The average Bonchev–Trinajstić information content (AvgIpc) is 2.83. The summed E-state index contributed by atoms with van der Waals surface area (Å²) in [5.41, 5.74) is 1.08. The summed E-state index contributed by atoms with van der Waals surface area (Å²) < 4.78 is 17.3. The molecule has 178 valence electrons. The summed E-state index contributed by atoms with van der Waals surface area (Å²) in [6.45, 7) is 5.55. The number of para-hydroxylation sites is 4. The number of nitrogens with one attached hydrogen (secondary N) is 2. The van der Waals surface area contributed by atoms with E-state index in [-0.39, 0.29) is 11.0 Å². The number of benzene rings is 3. The molecular formula is C27H30N2O4S. The second kappa shape index (κ2) is 13.2. The zero-order chi connectivity index (χ0) is 24.2. The molecule has 3 rings (SSSR count). The van der Waals surface area contributed by atoms with Crippen molar-refractivity contribution < 1.29 is 19.0 Å². The molecule has 3 aromatic carbocycles. The second-order valence-corrected chi connectivity index (χ2v) is 8.35. The Hall–Kier alpha value is -3.58. The van der Waals surface area contributed by atoms with Crippen molar-refractivity contribution in [2.45, 2.75) is 20.3 Å². The summed E-state index contributed by atoms with van der Waals surface area (Å²) in [7, 11) is 0. The van der Waals surface area contributed by atoms with E-state index in [1.165, 1.54) is 0 Å². The van der Waals surface area contributed by atoms with Crippen molar-refractivity contribution in [2.75, 3.05) is 25.1 Å². The number of rotatable bonds is 11. The molecule has 0 radical (unpaired) electrons. The normalized spacial score (nSPS) is 10.4. The predicted octanol–water partition coefficient (Wildman–Crippen LogP) is 5.70. The van der Waals surface area contributed by atoms with Crippen molar-refractivity contribution >= 4 is 28.9 Å². The highest BCUT2D eigenvalue weighted by molar-refractivity contribution is 7.80. The van der Waals surface area contributed by atoms with Gasteiger partial charge in [-0.05, 0) is 61.0 Å². The van der Waals surface area contributed by atoms with Crippen LogP contribution in [0.5, 0.6) is 17.2 Å². The Labute approximate surface area is 206 Å². The van der Waals surface area contributed by atoms with E-state index in [2.05, 4.69) is 24.5 Å². The van der Waals surface area contributed by atoms with E-state index in [1.54, 1.807) is 18.2 Å². The highest BCUT2D eigenvalue weighted by atomic mass is 32.1. The molecule has 0 aliphatic carbocycles. The van der Waals surface area contributed by atoms with Crippen LogP contribution in [0.3, 0.4) is 0 Å². The molecule has 0 aromatic heterocycles. The number of ether oxygens (including phenoxy) is 3. The first kappa shape index (κ1) is 25.1. The van der Waals surface area contributed by atoms with Crippen LogP contribution in [0.15, 0.2) is 78.9 Å². The average molecular weight is 479 g/mol. The summed E-state index contributed by atoms with van der Waals surface area (Å²) >= 11 is 5.37. The van der Waals surface area contributed by atoms with E-state index in [4.69, 9.17) is 26.4 Å². The van der Waals surface area contributed by atoms with Crippen molar-refractivity contribution in [3.8, 4) is 17.2 Å². The van der Waals surface area contributed by atoms with Crippen LogP contribution in [0.4, 0.5) is 5.69 Å². The summed E-state index contributed by atoms with van der Waals surface area (Å²) in [5, 5.41) is 5.93. The fraction of sp³-hybridized carbons (Fsp3) is 0.259. The van der Waals surface area contributed by atoms with Crippen molar-refractivity contribution in [3.63, 3.8) is 0 Å². The van der Waals surface area contributed by atoms with Gasteiger partial charge in [0.25, 0.3) is 5.91 Å². The lowest BCUT2D eigenvalue weighted by Gasteiger charge is -2.16. The van der Waals surface area contributed by atoms with Gasteiger partial charge in [-0.1, -0.05) is 56.3 Å². The molecular weight excluding hydrogens is 448 g/mol. The van der Waals surface area contributed by atoms with Crippen molar-refractivity contribution in [2.24, 2.45) is 5.92 Å². The molecule has 0 heterocycles. The van der Waals surface area contributed by atoms with Crippen LogP contribution >= 0.6 is 12.2 Å². The molecule has 6 nitrogen and oxygen atoms in total. The van der Waals surface area contributed by atoms with Gasteiger partial charge < -0.3 is 19.5 Å². The van der Waals surface area contributed by atoms with Gasteiger partial charge in [0.05, 0.1) is 17.9 Å². The monoisotopic (exact) mass is 478 g/mol. The van der Waals surface area contributed by atoms with E-state index in [0.29, 0.717) is 48.5 Å². The lowest BCUT2D eigenvalue weighted by molar-refractivity contribution is 0.0973. The first-order valence-corrected chi connectivity index (χ1v) is 11.7. The number of hydrogen-bond donors (Lipinski definition) is 2. The molecule has 7 heteroatoms. The molecule has 0 aliphatic rings. The van der Waals surface area contributed by atoms with Gasteiger partial charge in [-0.2, -0.15) is 0 Å². The summed E-state index contributed by atoms with van der Waals surface area (Å²) in [6.07, 6.45) is 0.906. The zero-order valence-corrected chi connectivity index (χ0v) is 20.3. The summed E-state index contributed by atoms with van der Waals surface area (Å²) in [6, 6.07) is 24.1. The first-order chi connectivity index (χ1) is 16.5. The Bertz CT molecular complexity index is 1070. The van der Waals surface area contributed by atoms with E-state index in [0.717, 1.165) is 12.2 Å². The quantitative estimate of drug-likeness (QED) is 0.272. The summed E-state index contributed by atoms with van der Waals surface area (Å²) in [4.78, 5) is 12.8. The number of carbonyl (C=O) groups is 1. The van der Waals surface area contributed by atoms with E-state index < -0.39 is 0 Å². The third-order valence-corrected chi connectivity index (χ3v) is 5.00. The Morgan fingerprint density at radius 3 is 2.18 bits per heavy atom. The number of thiocarbonyl (C=S) groups is 1. The maximum atomic E-state index is 12.8. The molecule has 3 aromatic rings. The minimum atomic E-state index is -0.340. The van der Waals surface area contributed by atoms with Gasteiger partial charge in [0.1, 0.15) is 30.5 Å². The lowest BCUT2D eigenvalue weighted by Crippen LogP contribution is -2.34.